The van der Waals surface area contributed by atoms with Gasteiger partial charge in [0.2, 0.25) is 11.8 Å². The Morgan fingerprint density at radius 2 is 1.94 bits per heavy atom. The number of nitrogens with one attached hydrogen (secondary N) is 3. The minimum Gasteiger partial charge on any atom is -0.352 e. The number of carbonyl (C=O) groups is 2. The van der Waals surface area contributed by atoms with Crippen molar-refractivity contribution in [3.63, 3.8) is 0 Å². The molecule has 1 heterocycles. The average molecular weight is 247 g/mol. The Labute approximate surface area is 106 Å². The fourth-order valence-corrected chi connectivity index (χ4v) is 1.72. The number of anilines is 1. The highest BCUT2D eigenvalue weighted by Crippen LogP contribution is 2.10. The van der Waals surface area contributed by atoms with Gasteiger partial charge in [0, 0.05) is 32.2 Å². The fourth-order valence-electron chi connectivity index (χ4n) is 1.72. The van der Waals surface area contributed by atoms with Crippen LogP contribution in [0.5, 0.6) is 0 Å². The van der Waals surface area contributed by atoms with Gasteiger partial charge in [0.25, 0.3) is 0 Å². The molecule has 1 aliphatic rings. The van der Waals surface area contributed by atoms with E-state index in [-0.39, 0.29) is 17.7 Å². The molecule has 18 heavy (non-hydrogen) atoms. The number of amides is 2. The summed E-state index contributed by atoms with van der Waals surface area (Å²) in [5.41, 5.74) is 1.78. The molecule has 1 fully saturated rings. The molecule has 0 saturated carbocycles. The quantitative estimate of drug-likeness (QED) is 0.725. The van der Waals surface area contributed by atoms with E-state index in [2.05, 4.69) is 16.0 Å². The summed E-state index contributed by atoms with van der Waals surface area (Å²) in [7, 11) is 0. The monoisotopic (exact) mass is 247 g/mol. The van der Waals surface area contributed by atoms with E-state index in [0.717, 1.165) is 24.3 Å². The first-order valence-electron chi connectivity index (χ1n) is 6.00. The Balaban J connectivity index is 1.82. The van der Waals surface area contributed by atoms with Crippen LogP contribution < -0.4 is 16.0 Å². The van der Waals surface area contributed by atoms with E-state index in [1.807, 2.05) is 24.3 Å². The van der Waals surface area contributed by atoms with Crippen molar-refractivity contribution in [1.29, 1.82) is 0 Å². The molecule has 96 valence electrons. The molecule has 0 aliphatic carbocycles. The minimum absolute atomic E-state index is 0.0893. The topological polar surface area (TPSA) is 70.2 Å². The Morgan fingerprint density at radius 3 is 2.44 bits per heavy atom. The lowest BCUT2D eigenvalue weighted by Crippen LogP contribution is -2.50. The summed E-state index contributed by atoms with van der Waals surface area (Å²) in [6.45, 7) is 3.54. The van der Waals surface area contributed by atoms with Crippen molar-refractivity contribution < 1.29 is 9.59 Å². The molecule has 2 rings (SSSR count). The second-order valence-electron chi connectivity index (χ2n) is 4.45. The zero-order chi connectivity index (χ0) is 13.0. The van der Waals surface area contributed by atoms with Gasteiger partial charge >= 0.3 is 0 Å². The molecule has 2 amide bonds. The summed E-state index contributed by atoms with van der Waals surface area (Å²) in [5, 5.41) is 8.66. The molecule has 0 radical (unpaired) electrons. The SMILES string of the molecule is CC(=O)Nc1ccc(CNC(=O)C2CNC2)cc1. The zero-order valence-corrected chi connectivity index (χ0v) is 10.3. The van der Waals surface area contributed by atoms with Crippen molar-refractivity contribution in [1.82, 2.24) is 10.6 Å². The van der Waals surface area contributed by atoms with Gasteiger partial charge in [0.05, 0.1) is 5.92 Å². The van der Waals surface area contributed by atoms with E-state index in [0.29, 0.717) is 6.54 Å². The van der Waals surface area contributed by atoms with Gasteiger partial charge in [-0.3, -0.25) is 9.59 Å². The molecule has 1 saturated heterocycles. The van der Waals surface area contributed by atoms with E-state index in [4.69, 9.17) is 0 Å². The summed E-state index contributed by atoms with van der Waals surface area (Å²) < 4.78 is 0. The maximum Gasteiger partial charge on any atom is 0.225 e. The number of benzene rings is 1. The summed E-state index contributed by atoms with van der Waals surface area (Å²) in [6.07, 6.45) is 0. The summed E-state index contributed by atoms with van der Waals surface area (Å²) in [5.74, 6) is 0.122. The van der Waals surface area contributed by atoms with Crippen LogP contribution in [-0.4, -0.2) is 24.9 Å². The maximum atomic E-state index is 11.6. The van der Waals surface area contributed by atoms with Crippen molar-refractivity contribution in [3.8, 4) is 0 Å². The summed E-state index contributed by atoms with van der Waals surface area (Å²) in [4.78, 5) is 22.5. The first-order chi connectivity index (χ1) is 8.65. The maximum absolute atomic E-state index is 11.6. The number of rotatable bonds is 4. The lowest BCUT2D eigenvalue weighted by Gasteiger charge is -2.25. The minimum atomic E-state index is -0.0893. The van der Waals surface area contributed by atoms with E-state index in [9.17, 15) is 9.59 Å². The number of carbonyl (C=O) groups excluding carboxylic acids is 2. The summed E-state index contributed by atoms with van der Waals surface area (Å²) >= 11 is 0. The average Bonchev–Trinajstić information content (AvgIpc) is 2.25. The van der Waals surface area contributed by atoms with Crippen LogP contribution in [0.2, 0.25) is 0 Å². The molecular formula is C13H17N3O2. The van der Waals surface area contributed by atoms with E-state index in [1.54, 1.807) is 0 Å². The molecule has 0 aromatic heterocycles. The van der Waals surface area contributed by atoms with E-state index < -0.39 is 0 Å². The number of hydrogen-bond acceptors (Lipinski definition) is 3. The largest absolute Gasteiger partial charge is 0.352 e. The van der Waals surface area contributed by atoms with Crippen LogP contribution in [0.25, 0.3) is 0 Å². The first kappa shape index (κ1) is 12.6. The molecule has 1 aromatic carbocycles. The third-order valence-corrected chi connectivity index (χ3v) is 2.89. The van der Waals surface area contributed by atoms with Gasteiger partial charge in [0.1, 0.15) is 0 Å². The molecular weight excluding hydrogens is 230 g/mol. The molecule has 0 spiro atoms. The standard InChI is InChI=1S/C13H17N3O2/c1-9(17)16-12-4-2-10(3-5-12)6-15-13(18)11-7-14-8-11/h2-5,11,14H,6-8H2,1H3,(H,15,18)(H,16,17). The molecule has 1 aromatic rings. The van der Waals surface area contributed by atoms with E-state index >= 15 is 0 Å². The third-order valence-electron chi connectivity index (χ3n) is 2.89. The van der Waals surface area contributed by atoms with Crippen LogP contribution in [0.1, 0.15) is 12.5 Å². The lowest BCUT2D eigenvalue weighted by molar-refractivity contribution is -0.126. The predicted molar refractivity (Wildman–Crippen MR) is 69.0 cm³/mol. The number of hydrogen-bond donors (Lipinski definition) is 3. The zero-order valence-electron chi connectivity index (χ0n) is 10.3. The predicted octanol–water partition coefficient (Wildman–Crippen LogP) is 0.481. The fraction of sp³-hybridized carbons (Fsp3) is 0.385. The highest BCUT2D eigenvalue weighted by atomic mass is 16.2. The smallest absolute Gasteiger partial charge is 0.225 e. The molecule has 3 N–H and O–H groups in total. The van der Waals surface area contributed by atoms with Crippen LogP contribution in [0.4, 0.5) is 5.69 Å². The lowest BCUT2D eigenvalue weighted by atomic mass is 10.0. The molecule has 5 heteroatoms. The van der Waals surface area contributed by atoms with E-state index in [1.165, 1.54) is 6.92 Å². The van der Waals surface area contributed by atoms with Crippen LogP contribution in [-0.2, 0) is 16.1 Å². The highest BCUT2D eigenvalue weighted by Gasteiger charge is 2.24. The van der Waals surface area contributed by atoms with Crippen molar-refractivity contribution in [2.24, 2.45) is 5.92 Å². The van der Waals surface area contributed by atoms with Gasteiger partial charge in [-0.05, 0) is 17.7 Å². The molecule has 0 unspecified atom stereocenters. The van der Waals surface area contributed by atoms with Gasteiger partial charge in [-0.25, -0.2) is 0 Å². The van der Waals surface area contributed by atoms with Crippen molar-refractivity contribution in [2.45, 2.75) is 13.5 Å². The Morgan fingerprint density at radius 1 is 1.28 bits per heavy atom. The van der Waals surface area contributed by atoms with Crippen LogP contribution >= 0.6 is 0 Å². The normalized spacial score (nSPS) is 14.7. The van der Waals surface area contributed by atoms with Crippen LogP contribution in [0.3, 0.4) is 0 Å². The molecule has 5 nitrogen and oxygen atoms in total. The Hall–Kier alpha value is -1.88. The van der Waals surface area contributed by atoms with Crippen molar-refractivity contribution in [3.05, 3.63) is 29.8 Å². The molecule has 0 atom stereocenters. The Bertz CT molecular complexity index is 438. The summed E-state index contributed by atoms with van der Waals surface area (Å²) in [6, 6.07) is 7.44. The first-order valence-corrected chi connectivity index (χ1v) is 6.00. The van der Waals surface area contributed by atoms with Gasteiger partial charge in [-0.2, -0.15) is 0 Å². The second kappa shape index (κ2) is 5.64. The second-order valence-corrected chi connectivity index (χ2v) is 4.45. The molecule has 0 bridgehead atoms. The van der Waals surface area contributed by atoms with Crippen LogP contribution in [0.15, 0.2) is 24.3 Å². The van der Waals surface area contributed by atoms with Gasteiger partial charge in [-0.15, -0.1) is 0 Å². The van der Waals surface area contributed by atoms with Crippen LogP contribution in [0, 0.1) is 5.92 Å². The Kier molecular flexibility index (Phi) is 3.94. The van der Waals surface area contributed by atoms with Gasteiger partial charge in [0.15, 0.2) is 0 Å². The molecule has 1 aliphatic heterocycles. The van der Waals surface area contributed by atoms with Crippen molar-refractivity contribution in [2.75, 3.05) is 18.4 Å². The van der Waals surface area contributed by atoms with Gasteiger partial charge < -0.3 is 16.0 Å². The van der Waals surface area contributed by atoms with Gasteiger partial charge in [-0.1, -0.05) is 12.1 Å². The van der Waals surface area contributed by atoms with Crippen molar-refractivity contribution >= 4 is 17.5 Å². The third kappa shape index (κ3) is 3.30. The highest BCUT2D eigenvalue weighted by molar-refractivity contribution is 5.88.